The van der Waals surface area contributed by atoms with Gasteiger partial charge in [0.05, 0.1) is 16.5 Å². The zero-order valence-electron chi connectivity index (χ0n) is 29.6. The third-order valence-electron chi connectivity index (χ3n) is 7.68. The first-order chi connectivity index (χ1) is 24.4. The molecule has 0 aliphatic heterocycles. The number of aryl methyl sites for hydroxylation is 1. The van der Waals surface area contributed by atoms with Crippen LogP contribution in [0.25, 0.3) is 10.9 Å². The molecule has 0 saturated heterocycles. The summed E-state index contributed by atoms with van der Waals surface area (Å²) in [6, 6.07) is 12.4. The number of benzene rings is 3. The minimum Gasteiger partial charge on any atom is -0.489 e. The molecule has 0 saturated carbocycles. The van der Waals surface area contributed by atoms with Crippen molar-refractivity contribution >= 4 is 28.6 Å². The van der Waals surface area contributed by atoms with E-state index in [4.69, 9.17) is 14.2 Å². The summed E-state index contributed by atoms with van der Waals surface area (Å²) < 4.78 is 97.1. The topological polar surface area (TPSA) is 127 Å². The molecule has 0 aliphatic rings. The summed E-state index contributed by atoms with van der Waals surface area (Å²) in [5.41, 5.74) is -7.52. The molecule has 1 heterocycles. The molecule has 4 rings (SSSR count). The van der Waals surface area contributed by atoms with E-state index >= 15 is 0 Å². The van der Waals surface area contributed by atoms with Gasteiger partial charge in [0.1, 0.15) is 29.1 Å². The first-order valence-electron chi connectivity index (χ1n) is 16.2. The minimum atomic E-state index is -4.76. The number of ether oxygens (including phenoxy) is 3. The van der Waals surface area contributed by atoms with Crippen molar-refractivity contribution in [1.29, 1.82) is 0 Å². The van der Waals surface area contributed by atoms with Gasteiger partial charge in [-0.25, -0.2) is 4.68 Å². The number of hydrogen-bond donors (Lipinski definition) is 0. The molecule has 10 nitrogen and oxygen atoms in total. The molecule has 0 unspecified atom stereocenters. The van der Waals surface area contributed by atoms with E-state index in [1.54, 1.807) is 0 Å². The monoisotopic (exact) mass is 749 g/mol. The molecule has 3 aromatic carbocycles. The molecule has 0 bridgehead atoms. The van der Waals surface area contributed by atoms with Crippen LogP contribution in [0.5, 0.6) is 5.75 Å². The van der Waals surface area contributed by atoms with Crippen LogP contribution in [0.3, 0.4) is 0 Å². The highest BCUT2D eigenvalue weighted by molar-refractivity contribution is 6.07. The number of esters is 2. The van der Waals surface area contributed by atoms with Gasteiger partial charge in [0.2, 0.25) is 0 Å². The summed E-state index contributed by atoms with van der Waals surface area (Å²) in [5.74, 6) is -2.85. The van der Waals surface area contributed by atoms with Gasteiger partial charge in [0.15, 0.2) is 11.2 Å². The fourth-order valence-corrected chi connectivity index (χ4v) is 5.08. The van der Waals surface area contributed by atoms with Gasteiger partial charge in [-0.3, -0.25) is 19.2 Å². The summed E-state index contributed by atoms with van der Waals surface area (Å²) in [5, 5.41) is 7.20. The number of rotatable bonds is 11. The quantitative estimate of drug-likeness (QED) is 0.0655. The number of ketones is 1. The second kappa shape index (κ2) is 15.0. The van der Waals surface area contributed by atoms with Gasteiger partial charge >= 0.3 is 24.3 Å². The zero-order chi connectivity index (χ0) is 39.6. The SMILES string of the molecule is CC(C)(C)OC(=O)C(CCn1nnc2ccc(C(F)(F)F)cc2c1=O)(CC(=O)c1ccc(OCc2cccc(C(F)(F)F)c2)cc1)C(=O)OC(C)(C)C. The van der Waals surface area contributed by atoms with Crippen LogP contribution < -0.4 is 10.3 Å². The number of nitrogens with zero attached hydrogens (tertiary/aromatic N) is 3. The Kier molecular flexibility index (Phi) is 11.5. The molecule has 0 amide bonds. The van der Waals surface area contributed by atoms with E-state index < -0.39 is 88.2 Å². The van der Waals surface area contributed by atoms with Crippen molar-refractivity contribution in [2.24, 2.45) is 5.41 Å². The number of alkyl halides is 6. The van der Waals surface area contributed by atoms with Crippen LogP contribution in [0.15, 0.2) is 71.5 Å². The molecular formula is C37H37F6N3O7. The van der Waals surface area contributed by atoms with Gasteiger partial charge < -0.3 is 14.2 Å². The number of carbonyl (C=O) groups excluding carboxylic acids is 3. The van der Waals surface area contributed by atoms with Crippen molar-refractivity contribution in [2.75, 3.05) is 0 Å². The molecule has 1 aromatic heterocycles. The van der Waals surface area contributed by atoms with Crippen LogP contribution in [0.2, 0.25) is 0 Å². The van der Waals surface area contributed by atoms with Crippen molar-refractivity contribution < 1.29 is 54.9 Å². The number of fused-ring (bicyclic) bond motifs is 1. The normalized spacial score (nSPS) is 12.8. The smallest absolute Gasteiger partial charge is 0.416 e. The Hall–Kier alpha value is -5.28. The van der Waals surface area contributed by atoms with Crippen molar-refractivity contribution in [3.05, 3.63) is 99.3 Å². The Morgan fingerprint density at radius 1 is 0.736 bits per heavy atom. The molecule has 0 spiro atoms. The van der Waals surface area contributed by atoms with Crippen molar-refractivity contribution in [2.45, 2.75) is 91.1 Å². The van der Waals surface area contributed by atoms with Crippen molar-refractivity contribution in [3.63, 3.8) is 0 Å². The fourth-order valence-electron chi connectivity index (χ4n) is 5.08. The Morgan fingerprint density at radius 2 is 1.30 bits per heavy atom. The summed E-state index contributed by atoms with van der Waals surface area (Å²) >= 11 is 0. The molecule has 16 heteroatoms. The van der Waals surface area contributed by atoms with E-state index in [9.17, 15) is 45.5 Å². The number of aromatic nitrogens is 3. The maximum atomic E-state index is 14.0. The minimum absolute atomic E-state index is 0.00950. The molecule has 284 valence electrons. The van der Waals surface area contributed by atoms with Gasteiger partial charge in [0, 0.05) is 18.5 Å². The van der Waals surface area contributed by atoms with E-state index in [1.807, 2.05) is 0 Å². The number of hydrogen-bond acceptors (Lipinski definition) is 9. The van der Waals surface area contributed by atoms with Crippen LogP contribution in [-0.2, 0) is 44.6 Å². The van der Waals surface area contributed by atoms with Gasteiger partial charge in [0.25, 0.3) is 5.56 Å². The lowest BCUT2D eigenvalue weighted by Gasteiger charge is -2.34. The van der Waals surface area contributed by atoms with E-state index in [-0.39, 0.29) is 29.0 Å². The van der Waals surface area contributed by atoms with Crippen LogP contribution >= 0.6 is 0 Å². The van der Waals surface area contributed by atoms with Crippen LogP contribution in [0, 0.1) is 5.41 Å². The average Bonchev–Trinajstić information content (AvgIpc) is 3.04. The lowest BCUT2D eigenvalue weighted by atomic mass is 9.78. The molecular weight excluding hydrogens is 712 g/mol. The first kappa shape index (κ1) is 40.5. The number of halogens is 6. The highest BCUT2D eigenvalue weighted by Gasteiger charge is 2.52. The van der Waals surface area contributed by atoms with Crippen LogP contribution in [0.1, 0.15) is 81.4 Å². The third-order valence-corrected chi connectivity index (χ3v) is 7.68. The molecule has 0 radical (unpaired) electrons. The number of Topliss-reactive ketones (excluding diaryl/α,β-unsaturated/α-hetero) is 1. The molecule has 53 heavy (non-hydrogen) atoms. The lowest BCUT2D eigenvalue weighted by molar-refractivity contribution is -0.186. The Balaban J connectivity index is 1.67. The predicted molar refractivity (Wildman–Crippen MR) is 179 cm³/mol. The Bertz CT molecular complexity index is 2020. The zero-order valence-corrected chi connectivity index (χ0v) is 29.6. The predicted octanol–water partition coefficient (Wildman–Crippen LogP) is 7.74. The van der Waals surface area contributed by atoms with E-state index in [1.165, 1.54) is 77.9 Å². The lowest BCUT2D eigenvalue weighted by Crippen LogP contribution is -2.49. The molecule has 0 fully saturated rings. The Morgan fingerprint density at radius 3 is 1.85 bits per heavy atom. The average molecular weight is 750 g/mol. The largest absolute Gasteiger partial charge is 0.489 e. The maximum absolute atomic E-state index is 14.0. The highest BCUT2D eigenvalue weighted by atomic mass is 19.4. The maximum Gasteiger partial charge on any atom is 0.416 e. The highest BCUT2D eigenvalue weighted by Crippen LogP contribution is 2.37. The van der Waals surface area contributed by atoms with Gasteiger partial charge in [-0.2, -0.15) is 26.3 Å². The Labute approximate surface area is 300 Å². The van der Waals surface area contributed by atoms with Gasteiger partial charge in [-0.15, -0.1) is 5.10 Å². The summed E-state index contributed by atoms with van der Waals surface area (Å²) in [6.45, 7) is 8.40. The van der Waals surface area contributed by atoms with Crippen LogP contribution in [0.4, 0.5) is 26.3 Å². The molecule has 0 aliphatic carbocycles. The third kappa shape index (κ3) is 10.4. The second-order valence-corrected chi connectivity index (χ2v) is 14.3. The van der Waals surface area contributed by atoms with E-state index in [0.29, 0.717) is 10.7 Å². The second-order valence-electron chi connectivity index (χ2n) is 14.3. The summed E-state index contributed by atoms with van der Waals surface area (Å²) in [4.78, 5) is 55.2. The first-order valence-corrected chi connectivity index (χ1v) is 16.2. The van der Waals surface area contributed by atoms with Gasteiger partial charge in [-0.1, -0.05) is 17.3 Å². The fraction of sp³-hybridized carbons (Fsp3) is 0.405. The van der Waals surface area contributed by atoms with E-state index in [0.717, 1.165) is 24.3 Å². The summed E-state index contributed by atoms with van der Waals surface area (Å²) in [6.07, 6.45) is -10.7. The molecule has 0 N–H and O–H groups in total. The molecule has 4 aromatic rings. The number of carbonyl (C=O) groups is 3. The van der Waals surface area contributed by atoms with Crippen molar-refractivity contribution in [3.8, 4) is 5.75 Å². The standard InChI is InChI=1S/C37H37F6N3O7/c1-33(2,3)52-31(49)35(32(50)53-34(4,5)6,16-17-46-30(48)27-19-25(37(41,42)43)12-15-28(27)44-45-46)20-29(47)23-10-13-26(14-11-23)51-21-22-8-7-9-24(18-22)36(38,39)40/h7-15,18-19H,16-17,20-21H2,1-6H3. The summed E-state index contributed by atoms with van der Waals surface area (Å²) in [7, 11) is 0. The van der Waals surface area contributed by atoms with Crippen molar-refractivity contribution in [1.82, 2.24) is 15.0 Å². The molecule has 0 atom stereocenters. The van der Waals surface area contributed by atoms with E-state index in [2.05, 4.69) is 10.3 Å². The van der Waals surface area contributed by atoms with Gasteiger partial charge in [-0.05, 0) is 108 Å². The van der Waals surface area contributed by atoms with Crippen LogP contribution in [-0.4, -0.2) is 43.9 Å².